The van der Waals surface area contributed by atoms with E-state index in [1.165, 1.54) is 5.56 Å². The third-order valence-electron chi connectivity index (χ3n) is 7.79. The molecule has 4 rings (SSSR count). The molecule has 0 radical (unpaired) electrons. The first kappa shape index (κ1) is 29.0. The third kappa shape index (κ3) is 7.06. The topological polar surface area (TPSA) is 78.5 Å². The predicted molar refractivity (Wildman–Crippen MR) is 148 cm³/mol. The van der Waals surface area contributed by atoms with Gasteiger partial charge in [0.1, 0.15) is 0 Å². The van der Waals surface area contributed by atoms with Crippen LogP contribution in [0.4, 0.5) is 0 Å². The van der Waals surface area contributed by atoms with Gasteiger partial charge in [-0.3, -0.25) is 0 Å². The van der Waals surface area contributed by atoms with Crippen molar-refractivity contribution in [3.8, 4) is 0 Å². The quantitative estimate of drug-likeness (QED) is 0.335. The van der Waals surface area contributed by atoms with Crippen molar-refractivity contribution in [2.45, 2.75) is 74.4 Å². The van der Waals surface area contributed by atoms with Crippen LogP contribution in [0.3, 0.4) is 0 Å². The number of rotatable bonds is 5. The van der Waals surface area contributed by atoms with Gasteiger partial charge in [0.2, 0.25) is 0 Å². The zero-order chi connectivity index (χ0) is 25.6. The van der Waals surface area contributed by atoms with Crippen LogP contribution in [0.5, 0.6) is 0 Å². The summed E-state index contributed by atoms with van der Waals surface area (Å²) in [6.45, 7) is 1.48. The number of aliphatic hydroxyl groups excluding tert-OH is 2. The first-order valence-corrected chi connectivity index (χ1v) is 13.8. The standard InChI is InChI=1S/C14H19Cl2NO.C13H17Cl2NO/c1-17-9-14(6-4-11(18)5-7-14)10-2-3-12(15)13(16)8-10;14-11-2-1-9(7-12(11)15)13(8-16)5-3-10(17)4-6-13/h2-3,8,11,17-18H,4-7,9H2,1H3;1-2,7,10,17H,3-6,8,16H2. The summed E-state index contributed by atoms with van der Waals surface area (Å²) in [6.07, 6.45) is 6.74. The van der Waals surface area contributed by atoms with Crippen molar-refractivity contribution < 1.29 is 10.2 Å². The van der Waals surface area contributed by atoms with Gasteiger partial charge in [0.25, 0.3) is 0 Å². The van der Waals surface area contributed by atoms with Crippen molar-refractivity contribution in [2.24, 2.45) is 5.73 Å². The Morgan fingerprint density at radius 2 is 1.14 bits per heavy atom. The van der Waals surface area contributed by atoms with Gasteiger partial charge in [-0.2, -0.15) is 0 Å². The zero-order valence-corrected chi connectivity index (χ0v) is 23.2. The normalized spacial score (nSPS) is 28.8. The molecule has 5 N–H and O–H groups in total. The molecule has 2 saturated carbocycles. The summed E-state index contributed by atoms with van der Waals surface area (Å²) in [4.78, 5) is 0. The minimum absolute atomic E-state index is 0.0482. The molecule has 2 fully saturated rings. The van der Waals surface area contributed by atoms with Gasteiger partial charge in [-0.05, 0) is 93.8 Å². The second-order valence-corrected chi connectivity index (χ2v) is 11.6. The molecule has 0 spiro atoms. The highest BCUT2D eigenvalue weighted by Crippen LogP contribution is 2.42. The third-order valence-corrected chi connectivity index (χ3v) is 9.27. The molecule has 0 amide bonds. The Morgan fingerprint density at radius 3 is 1.51 bits per heavy atom. The van der Waals surface area contributed by atoms with Gasteiger partial charge in [-0.15, -0.1) is 0 Å². The second-order valence-electron chi connectivity index (χ2n) is 10.0. The van der Waals surface area contributed by atoms with Crippen LogP contribution in [-0.2, 0) is 10.8 Å². The molecule has 2 aliphatic carbocycles. The molecule has 35 heavy (non-hydrogen) atoms. The summed E-state index contributed by atoms with van der Waals surface area (Å²) in [5, 5.41) is 24.9. The van der Waals surface area contributed by atoms with Crippen molar-refractivity contribution >= 4 is 46.4 Å². The first-order chi connectivity index (χ1) is 16.6. The van der Waals surface area contributed by atoms with E-state index in [1.54, 1.807) is 0 Å². The van der Waals surface area contributed by atoms with Gasteiger partial charge in [0.05, 0.1) is 32.3 Å². The van der Waals surface area contributed by atoms with E-state index in [1.807, 2.05) is 37.4 Å². The molecular weight excluding hydrogens is 526 g/mol. The maximum absolute atomic E-state index is 9.69. The number of likely N-dealkylation sites (N-methyl/N-ethyl adjacent to an activating group) is 1. The highest BCUT2D eigenvalue weighted by atomic mass is 35.5. The number of benzene rings is 2. The van der Waals surface area contributed by atoms with Gasteiger partial charge < -0.3 is 21.3 Å². The zero-order valence-electron chi connectivity index (χ0n) is 20.2. The lowest BCUT2D eigenvalue weighted by molar-refractivity contribution is 0.0952. The molecule has 0 heterocycles. The molecular formula is C27H36Cl4N2O2. The maximum atomic E-state index is 9.69. The van der Waals surface area contributed by atoms with Crippen molar-refractivity contribution in [2.75, 3.05) is 20.1 Å². The average Bonchev–Trinajstić information content (AvgIpc) is 2.85. The molecule has 8 heteroatoms. The molecule has 2 aromatic rings. The second kappa shape index (κ2) is 12.8. The Morgan fingerprint density at radius 1 is 0.743 bits per heavy atom. The molecule has 0 aliphatic heterocycles. The number of hydrogen-bond donors (Lipinski definition) is 4. The van der Waals surface area contributed by atoms with Crippen molar-refractivity contribution in [1.82, 2.24) is 5.32 Å². The van der Waals surface area contributed by atoms with Crippen LogP contribution < -0.4 is 11.1 Å². The van der Waals surface area contributed by atoms with E-state index in [0.29, 0.717) is 26.6 Å². The van der Waals surface area contributed by atoms with Crippen LogP contribution in [0.15, 0.2) is 36.4 Å². The van der Waals surface area contributed by atoms with Gasteiger partial charge in [-0.25, -0.2) is 0 Å². The first-order valence-electron chi connectivity index (χ1n) is 12.3. The largest absolute Gasteiger partial charge is 0.393 e. The van der Waals surface area contributed by atoms with Gasteiger partial charge in [-0.1, -0.05) is 58.5 Å². The van der Waals surface area contributed by atoms with E-state index in [4.69, 9.17) is 52.1 Å². The Kier molecular flexibility index (Phi) is 10.6. The number of nitrogens with one attached hydrogen (secondary N) is 1. The Hall–Kier alpha value is -0.560. The maximum Gasteiger partial charge on any atom is 0.0595 e. The van der Waals surface area contributed by atoms with E-state index in [-0.39, 0.29) is 23.0 Å². The van der Waals surface area contributed by atoms with E-state index >= 15 is 0 Å². The summed E-state index contributed by atoms with van der Waals surface area (Å²) in [5.74, 6) is 0. The summed E-state index contributed by atoms with van der Waals surface area (Å²) in [5.41, 5.74) is 8.33. The molecule has 2 aliphatic rings. The average molecular weight is 562 g/mol. The van der Waals surface area contributed by atoms with Crippen molar-refractivity contribution in [3.05, 3.63) is 67.6 Å². The van der Waals surface area contributed by atoms with E-state index < -0.39 is 0 Å². The molecule has 0 saturated heterocycles. The van der Waals surface area contributed by atoms with Crippen molar-refractivity contribution in [3.63, 3.8) is 0 Å². The van der Waals surface area contributed by atoms with Crippen LogP contribution in [0.25, 0.3) is 0 Å². The van der Waals surface area contributed by atoms with Gasteiger partial charge in [0, 0.05) is 23.9 Å². The Bertz CT molecular complexity index is 972. The molecule has 0 bridgehead atoms. The van der Waals surface area contributed by atoms with Crippen LogP contribution in [0, 0.1) is 0 Å². The highest BCUT2D eigenvalue weighted by molar-refractivity contribution is 6.42. The lowest BCUT2D eigenvalue weighted by atomic mass is 9.68. The lowest BCUT2D eigenvalue weighted by Gasteiger charge is -2.39. The van der Waals surface area contributed by atoms with Crippen LogP contribution in [0.2, 0.25) is 20.1 Å². The predicted octanol–water partition coefficient (Wildman–Crippen LogP) is 6.51. The molecule has 4 nitrogen and oxygen atoms in total. The summed E-state index contributed by atoms with van der Waals surface area (Å²) < 4.78 is 0. The van der Waals surface area contributed by atoms with Gasteiger partial charge >= 0.3 is 0 Å². The smallest absolute Gasteiger partial charge is 0.0595 e. The minimum Gasteiger partial charge on any atom is -0.393 e. The highest BCUT2D eigenvalue weighted by Gasteiger charge is 2.37. The number of hydrogen-bond acceptors (Lipinski definition) is 4. The molecule has 0 aromatic heterocycles. The van der Waals surface area contributed by atoms with Gasteiger partial charge in [0.15, 0.2) is 0 Å². The monoisotopic (exact) mass is 560 g/mol. The summed E-state index contributed by atoms with van der Waals surface area (Å²) >= 11 is 24.1. The Labute approximate surface area is 229 Å². The van der Waals surface area contributed by atoms with E-state index in [9.17, 15) is 10.2 Å². The van der Waals surface area contributed by atoms with Crippen LogP contribution in [0.1, 0.15) is 62.5 Å². The van der Waals surface area contributed by atoms with E-state index in [0.717, 1.165) is 63.5 Å². The fraction of sp³-hybridized carbons (Fsp3) is 0.556. The lowest BCUT2D eigenvalue weighted by Crippen LogP contribution is -2.41. The number of nitrogens with two attached hydrogens (primary N) is 1. The summed E-state index contributed by atoms with van der Waals surface area (Å²) in [7, 11) is 1.96. The molecule has 2 aromatic carbocycles. The Balaban J connectivity index is 0.000000196. The molecule has 0 unspecified atom stereocenters. The minimum atomic E-state index is -0.183. The number of aliphatic hydroxyl groups is 2. The number of halogens is 4. The fourth-order valence-electron chi connectivity index (χ4n) is 5.48. The molecule has 194 valence electrons. The van der Waals surface area contributed by atoms with Crippen molar-refractivity contribution in [1.29, 1.82) is 0 Å². The van der Waals surface area contributed by atoms with Crippen LogP contribution in [-0.4, -0.2) is 42.6 Å². The summed E-state index contributed by atoms with van der Waals surface area (Å²) in [6, 6.07) is 11.6. The fourth-order valence-corrected chi connectivity index (χ4v) is 6.08. The SMILES string of the molecule is CNCC1(c2ccc(Cl)c(Cl)c2)CCC(O)CC1.NCC1(c2ccc(Cl)c(Cl)c2)CCC(O)CC1. The van der Waals surface area contributed by atoms with Crippen LogP contribution >= 0.6 is 46.4 Å². The molecule has 0 atom stereocenters. The van der Waals surface area contributed by atoms with E-state index in [2.05, 4.69) is 11.4 Å².